The lowest BCUT2D eigenvalue weighted by molar-refractivity contribution is 0.255. The van der Waals surface area contributed by atoms with Crippen molar-refractivity contribution < 1.29 is 13.5 Å². The zero-order valence-corrected chi connectivity index (χ0v) is 12.5. The molecule has 114 valence electrons. The maximum atomic E-state index is 11.2. The number of nitrogens with two attached hydrogens (primary N) is 2. The molecule has 0 aliphatic rings. The first-order chi connectivity index (χ1) is 9.38. The average Bonchev–Trinajstić information content (AvgIpc) is 2.36. The van der Waals surface area contributed by atoms with Crippen LogP contribution in [0.4, 0.5) is 11.4 Å². The summed E-state index contributed by atoms with van der Waals surface area (Å²) in [6.45, 7) is 2.94. The van der Waals surface area contributed by atoms with Crippen LogP contribution in [0, 0.1) is 5.92 Å². The minimum atomic E-state index is -3.73. The van der Waals surface area contributed by atoms with Gasteiger partial charge in [-0.2, -0.15) is 0 Å². The summed E-state index contributed by atoms with van der Waals surface area (Å²) in [5.74, 6) is 0.363. The number of aliphatic hydroxyl groups excluding tert-OH is 1. The standard InChI is InChI=1S/C13H23N3O3S/c1-2-3-10(6-7-17)9-16-13-5-4-11(8-12(13)14)20(15,18)19/h4-5,8,10,16-17H,2-3,6-7,9,14H2,1H3,(H2,15,18,19). The second-order valence-electron chi connectivity index (χ2n) is 4.84. The quantitative estimate of drug-likeness (QED) is 0.537. The molecule has 0 aliphatic heterocycles. The van der Waals surface area contributed by atoms with E-state index in [1.54, 1.807) is 6.07 Å². The summed E-state index contributed by atoms with van der Waals surface area (Å²) in [5.41, 5.74) is 6.84. The zero-order chi connectivity index (χ0) is 15.2. The third-order valence-corrected chi connectivity index (χ3v) is 4.08. The predicted molar refractivity (Wildman–Crippen MR) is 80.8 cm³/mol. The molecule has 6 N–H and O–H groups in total. The monoisotopic (exact) mass is 301 g/mol. The molecule has 1 aromatic carbocycles. The molecule has 1 unspecified atom stereocenters. The van der Waals surface area contributed by atoms with E-state index < -0.39 is 10.0 Å². The Morgan fingerprint density at radius 3 is 2.55 bits per heavy atom. The third kappa shape index (κ3) is 4.99. The van der Waals surface area contributed by atoms with Gasteiger partial charge < -0.3 is 16.2 Å². The summed E-state index contributed by atoms with van der Waals surface area (Å²) < 4.78 is 22.4. The number of aliphatic hydroxyl groups is 1. The van der Waals surface area contributed by atoms with Gasteiger partial charge in [0.2, 0.25) is 10.0 Å². The Balaban J connectivity index is 2.73. The van der Waals surface area contributed by atoms with Gasteiger partial charge in [-0.05, 0) is 37.0 Å². The fraction of sp³-hybridized carbons (Fsp3) is 0.538. The van der Waals surface area contributed by atoms with Gasteiger partial charge in [-0.3, -0.25) is 0 Å². The molecule has 0 fully saturated rings. The summed E-state index contributed by atoms with van der Waals surface area (Å²) in [7, 11) is -3.73. The highest BCUT2D eigenvalue weighted by Crippen LogP contribution is 2.23. The summed E-state index contributed by atoms with van der Waals surface area (Å²) in [5, 5.41) is 17.2. The summed E-state index contributed by atoms with van der Waals surface area (Å²) in [4.78, 5) is 0.000941. The molecular weight excluding hydrogens is 278 g/mol. The largest absolute Gasteiger partial charge is 0.397 e. The molecule has 1 rings (SSSR count). The summed E-state index contributed by atoms with van der Waals surface area (Å²) >= 11 is 0. The lowest BCUT2D eigenvalue weighted by Gasteiger charge is -2.17. The topological polar surface area (TPSA) is 118 Å². The molecule has 1 atom stereocenters. The number of sulfonamides is 1. The van der Waals surface area contributed by atoms with E-state index in [1.165, 1.54) is 12.1 Å². The number of hydrogen-bond acceptors (Lipinski definition) is 5. The van der Waals surface area contributed by atoms with Crippen LogP contribution in [0.3, 0.4) is 0 Å². The van der Waals surface area contributed by atoms with Crippen LogP contribution in [0.5, 0.6) is 0 Å². The zero-order valence-electron chi connectivity index (χ0n) is 11.7. The lowest BCUT2D eigenvalue weighted by atomic mass is 10.00. The highest BCUT2D eigenvalue weighted by Gasteiger charge is 2.11. The predicted octanol–water partition coefficient (Wildman–Crippen LogP) is 1.13. The molecule has 0 heterocycles. The second kappa shape index (κ2) is 7.47. The Morgan fingerprint density at radius 1 is 1.35 bits per heavy atom. The van der Waals surface area contributed by atoms with Crippen molar-refractivity contribution in [2.45, 2.75) is 31.1 Å². The van der Waals surface area contributed by atoms with Crippen LogP contribution in [0.2, 0.25) is 0 Å². The number of hydrogen-bond donors (Lipinski definition) is 4. The number of nitrogens with one attached hydrogen (secondary N) is 1. The Labute approximate surface area is 120 Å². The highest BCUT2D eigenvalue weighted by atomic mass is 32.2. The van der Waals surface area contributed by atoms with Crippen molar-refractivity contribution in [3.63, 3.8) is 0 Å². The van der Waals surface area contributed by atoms with Crippen molar-refractivity contribution in [2.75, 3.05) is 24.2 Å². The van der Waals surface area contributed by atoms with Gasteiger partial charge in [0.05, 0.1) is 16.3 Å². The normalized spacial score (nSPS) is 13.2. The first-order valence-corrected chi connectivity index (χ1v) is 8.20. The van der Waals surface area contributed by atoms with E-state index in [4.69, 9.17) is 16.0 Å². The van der Waals surface area contributed by atoms with Gasteiger partial charge in [0.25, 0.3) is 0 Å². The first kappa shape index (κ1) is 16.7. The van der Waals surface area contributed by atoms with Crippen LogP contribution in [0.15, 0.2) is 23.1 Å². The van der Waals surface area contributed by atoms with Gasteiger partial charge in [0.1, 0.15) is 0 Å². The minimum Gasteiger partial charge on any atom is -0.397 e. The second-order valence-corrected chi connectivity index (χ2v) is 6.40. The molecule has 0 spiro atoms. The van der Waals surface area contributed by atoms with Crippen LogP contribution >= 0.6 is 0 Å². The van der Waals surface area contributed by atoms with Gasteiger partial charge >= 0.3 is 0 Å². The van der Waals surface area contributed by atoms with Gasteiger partial charge in [0.15, 0.2) is 0 Å². The van der Waals surface area contributed by atoms with E-state index in [0.717, 1.165) is 19.3 Å². The number of benzene rings is 1. The first-order valence-electron chi connectivity index (χ1n) is 6.65. The third-order valence-electron chi connectivity index (χ3n) is 3.17. The molecule has 0 aromatic heterocycles. The van der Waals surface area contributed by atoms with Crippen molar-refractivity contribution in [1.29, 1.82) is 0 Å². The smallest absolute Gasteiger partial charge is 0.238 e. The van der Waals surface area contributed by atoms with E-state index in [9.17, 15) is 8.42 Å². The molecule has 6 nitrogen and oxygen atoms in total. The number of primary sulfonamides is 1. The van der Waals surface area contributed by atoms with Crippen LogP contribution < -0.4 is 16.2 Å². The molecule has 7 heteroatoms. The highest BCUT2D eigenvalue weighted by molar-refractivity contribution is 7.89. The van der Waals surface area contributed by atoms with Gasteiger partial charge in [-0.1, -0.05) is 13.3 Å². The lowest BCUT2D eigenvalue weighted by Crippen LogP contribution is -2.17. The van der Waals surface area contributed by atoms with Crippen molar-refractivity contribution in [2.24, 2.45) is 11.1 Å². The average molecular weight is 301 g/mol. The summed E-state index contributed by atoms with van der Waals surface area (Å²) in [6.07, 6.45) is 2.80. The maximum Gasteiger partial charge on any atom is 0.238 e. The molecule has 0 saturated heterocycles. The van der Waals surface area contributed by atoms with Crippen molar-refractivity contribution >= 4 is 21.4 Å². The van der Waals surface area contributed by atoms with E-state index >= 15 is 0 Å². The van der Waals surface area contributed by atoms with E-state index in [-0.39, 0.29) is 11.5 Å². The molecule has 0 amide bonds. The van der Waals surface area contributed by atoms with Crippen molar-refractivity contribution in [1.82, 2.24) is 0 Å². The van der Waals surface area contributed by atoms with Gasteiger partial charge in [-0.25, -0.2) is 13.6 Å². The Bertz CT molecular complexity index is 526. The fourth-order valence-electron chi connectivity index (χ4n) is 2.07. The molecule has 0 radical (unpaired) electrons. The van der Waals surface area contributed by atoms with Crippen LogP contribution in [-0.2, 0) is 10.0 Å². The van der Waals surface area contributed by atoms with E-state index in [0.29, 0.717) is 23.8 Å². The number of rotatable bonds is 8. The summed E-state index contributed by atoms with van der Waals surface area (Å²) in [6, 6.07) is 4.38. The van der Waals surface area contributed by atoms with Crippen LogP contribution in [-0.4, -0.2) is 26.7 Å². The minimum absolute atomic E-state index is 0.000941. The fourth-order valence-corrected chi connectivity index (χ4v) is 2.62. The molecule has 0 bridgehead atoms. The SMILES string of the molecule is CCCC(CCO)CNc1ccc(S(N)(=O)=O)cc1N. The molecule has 20 heavy (non-hydrogen) atoms. The number of nitrogen functional groups attached to an aromatic ring is 1. The Kier molecular flexibility index (Phi) is 6.25. The molecule has 1 aromatic rings. The van der Waals surface area contributed by atoms with Crippen molar-refractivity contribution in [3.05, 3.63) is 18.2 Å². The molecule has 0 saturated carbocycles. The maximum absolute atomic E-state index is 11.2. The molecule has 0 aliphatic carbocycles. The Morgan fingerprint density at radius 2 is 2.05 bits per heavy atom. The number of anilines is 2. The molecular formula is C13H23N3O3S. The van der Waals surface area contributed by atoms with Crippen molar-refractivity contribution in [3.8, 4) is 0 Å². The van der Waals surface area contributed by atoms with Crippen LogP contribution in [0.1, 0.15) is 26.2 Å². The van der Waals surface area contributed by atoms with Gasteiger partial charge in [-0.15, -0.1) is 0 Å². The van der Waals surface area contributed by atoms with Gasteiger partial charge in [0, 0.05) is 13.2 Å². The van der Waals surface area contributed by atoms with Crippen LogP contribution in [0.25, 0.3) is 0 Å². The Hall–Kier alpha value is -1.31. The van der Waals surface area contributed by atoms with E-state index in [1.807, 2.05) is 0 Å². The van der Waals surface area contributed by atoms with E-state index in [2.05, 4.69) is 12.2 Å².